The first-order chi connectivity index (χ1) is 12.7. The molecular formula is C20H21ClN4O2. The van der Waals surface area contributed by atoms with Crippen molar-refractivity contribution in [2.75, 3.05) is 11.1 Å². The number of carbonyl (C=O) groups is 1. The summed E-state index contributed by atoms with van der Waals surface area (Å²) in [4.78, 5) is 16.3. The number of nitrogens with one attached hydrogen (secondary N) is 1. The number of nitrogens with two attached hydrogens (primary N) is 1. The highest BCUT2D eigenvalue weighted by molar-refractivity contribution is 6.33. The second-order valence-corrected chi connectivity index (χ2v) is 7.74. The Bertz CT molecular complexity index is 959. The van der Waals surface area contributed by atoms with Crippen LogP contribution in [-0.4, -0.2) is 16.0 Å². The molecule has 0 saturated carbocycles. The van der Waals surface area contributed by atoms with Crippen molar-refractivity contribution in [3.63, 3.8) is 0 Å². The van der Waals surface area contributed by atoms with Crippen molar-refractivity contribution in [3.05, 3.63) is 58.9 Å². The lowest BCUT2D eigenvalue weighted by Gasteiger charge is -2.12. The fraction of sp³-hybridized carbons (Fsp3) is 0.250. The Balaban J connectivity index is 1.66. The van der Waals surface area contributed by atoms with Crippen LogP contribution in [0.15, 0.2) is 47.1 Å². The van der Waals surface area contributed by atoms with E-state index < -0.39 is 0 Å². The summed E-state index contributed by atoms with van der Waals surface area (Å²) in [6.07, 6.45) is 1.86. The number of rotatable bonds is 4. The van der Waals surface area contributed by atoms with Crippen LogP contribution in [0.2, 0.25) is 5.02 Å². The quantitative estimate of drug-likeness (QED) is 0.692. The molecule has 2 heterocycles. The van der Waals surface area contributed by atoms with E-state index in [-0.39, 0.29) is 17.7 Å². The van der Waals surface area contributed by atoms with Gasteiger partial charge < -0.3 is 15.6 Å². The summed E-state index contributed by atoms with van der Waals surface area (Å²) in [7, 11) is 0. The summed E-state index contributed by atoms with van der Waals surface area (Å²) in [6.45, 7) is 6.05. The summed E-state index contributed by atoms with van der Waals surface area (Å²) < 4.78 is 5.27. The van der Waals surface area contributed by atoms with Gasteiger partial charge in [-0.15, -0.1) is 0 Å². The number of nitrogens with zero attached hydrogens (tertiary/aromatic N) is 2. The number of amides is 1. The second-order valence-electron chi connectivity index (χ2n) is 7.34. The Kier molecular flexibility index (Phi) is 5.19. The van der Waals surface area contributed by atoms with E-state index in [2.05, 4.69) is 15.5 Å². The second kappa shape index (κ2) is 7.40. The van der Waals surface area contributed by atoms with Crippen molar-refractivity contribution in [2.45, 2.75) is 32.6 Å². The average molecular weight is 385 g/mol. The van der Waals surface area contributed by atoms with E-state index >= 15 is 0 Å². The molecule has 3 aromatic rings. The van der Waals surface area contributed by atoms with Crippen molar-refractivity contribution in [3.8, 4) is 11.1 Å². The molecule has 0 unspecified atom stereocenters. The van der Waals surface area contributed by atoms with Gasteiger partial charge in [-0.1, -0.05) is 61.8 Å². The highest BCUT2D eigenvalue weighted by Crippen LogP contribution is 2.28. The lowest BCUT2D eigenvalue weighted by molar-refractivity contribution is -0.115. The van der Waals surface area contributed by atoms with Crippen LogP contribution in [0.25, 0.3) is 11.1 Å². The Morgan fingerprint density at radius 1 is 1.22 bits per heavy atom. The maximum atomic E-state index is 12.2. The maximum Gasteiger partial charge on any atom is 0.230 e. The number of benzene rings is 1. The van der Waals surface area contributed by atoms with E-state index in [1.54, 1.807) is 18.3 Å². The van der Waals surface area contributed by atoms with Gasteiger partial charge in [0.2, 0.25) is 5.91 Å². The molecule has 2 aromatic heterocycles. The van der Waals surface area contributed by atoms with E-state index in [0.717, 1.165) is 22.5 Å². The first-order valence-electron chi connectivity index (χ1n) is 8.50. The van der Waals surface area contributed by atoms with E-state index in [9.17, 15) is 4.79 Å². The van der Waals surface area contributed by atoms with E-state index in [1.807, 2.05) is 45.0 Å². The molecule has 3 rings (SSSR count). The lowest BCUT2D eigenvalue weighted by atomic mass is 9.93. The van der Waals surface area contributed by atoms with Gasteiger partial charge in [0.05, 0.1) is 11.4 Å². The summed E-state index contributed by atoms with van der Waals surface area (Å²) in [5.74, 6) is 1.35. The molecule has 0 bridgehead atoms. The van der Waals surface area contributed by atoms with Crippen LogP contribution in [0.4, 0.5) is 11.6 Å². The molecule has 0 atom stereocenters. The summed E-state index contributed by atoms with van der Waals surface area (Å²) in [5.41, 5.74) is 8.03. The molecule has 3 N–H and O–H groups in total. The number of hydrogen-bond donors (Lipinski definition) is 2. The molecule has 1 amide bonds. The van der Waals surface area contributed by atoms with Gasteiger partial charge in [-0.3, -0.25) is 4.79 Å². The highest BCUT2D eigenvalue weighted by atomic mass is 35.5. The Morgan fingerprint density at radius 3 is 2.52 bits per heavy atom. The Labute approximate surface area is 162 Å². The first-order valence-corrected chi connectivity index (χ1v) is 8.87. The molecule has 1 aromatic carbocycles. The fourth-order valence-electron chi connectivity index (χ4n) is 2.52. The summed E-state index contributed by atoms with van der Waals surface area (Å²) in [6, 6.07) is 10.9. The van der Waals surface area contributed by atoms with Crippen LogP contribution < -0.4 is 11.1 Å². The van der Waals surface area contributed by atoms with Crippen molar-refractivity contribution < 1.29 is 9.32 Å². The van der Waals surface area contributed by atoms with Gasteiger partial charge >= 0.3 is 0 Å². The third kappa shape index (κ3) is 4.65. The molecule has 0 fully saturated rings. The van der Waals surface area contributed by atoms with Gasteiger partial charge in [0, 0.05) is 23.2 Å². The minimum absolute atomic E-state index is 0.163. The molecular weight excluding hydrogens is 364 g/mol. The molecule has 27 heavy (non-hydrogen) atoms. The number of anilines is 2. The standard InChI is InChI=1S/C20H21ClN4O2/c1-20(2,3)16-10-18(25-27-16)24-19(26)8-12-4-6-13(7-5-12)14-11-23-17(22)9-15(14)21/h4-7,9-11H,8H2,1-3H3,(H2,22,23)(H,24,25,26). The van der Waals surface area contributed by atoms with E-state index in [4.69, 9.17) is 21.9 Å². The summed E-state index contributed by atoms with van der Waals surface area (Å²) in [5, 5.41) is 7.19. The van der Waals surface area contributed by atoms with Crippen LogP contribution in [-0.2, 0) is 16.6 Å². The number of nitrogen functional groups attached to an aromatic ring is 1. The molecule has 0 saturated heterocycles. The SMILES string of the molecule is CC(C)(C)c1cc(NC(=O)Cc2ccc(-c3cnc(N)cc3Cl)cc2)no1. The van der Waals surface area contributed by atoms with Gasteiger partial charge in [-0.25, -0.2) is 4.98 Å². The monoisotopic (exact) mass is 384 g/mol. The largest absolute Gasteiger partial charge is 0.384 e. The third-order valence-corrected chi connectivity index (χ3v) is 4.33. The maximum absolute atomic E-state index is 12.2. The Morgan fingerprint density at radius 2 is 1.93 bits per heavy atom. The number of carbonyl (C=O) groups excluding carboxylic acids is 1. The average Bonchev–Trinajstić information content (AvgIpc) is 3.04. The zero-order valence-electron chi connectivity index (χ0n) is 15.4. The van der Waals surface area contributed by atoms with Gasteiger partial charge in [0.15, 0.2) is 5.82 Å². The zero-order chi connectivity index (χ0) is 19.6. The molecule has 0 aliphatic rings. The van der Waals surface area contributed by atoms with Crippen LogP contribution >= 0.6 is 11.6 Å². The van der Waals surface area contributed by atoms with Gasteiger partial charge in [-0.2, -0.15) is 0 Å². The smallest absolute Gasteiger partial charge is 0.230 e. The predicted octanol–water partition coefficient (Wildman–Crippen LogP) is 4.45. The number of pyridine rings is 1. The molecule has 140 valence electrons. The molecule has 0 radical (unpaired) electrons. The Hall–Kier alpha value is -2.86. The number of halogens is 1. The predicted molar refractivity (Wildman–Crippen MR) is 107 cm³/mol. The number of hydrogen-bond acceptors (Lipinski definition) is 5. The van der Waals surface area contributed by atoms with Gasteiger partial charge in [0.25, 0.3) is 0 Å². The van der Waals surface area contributed by atoms with E-state index in [0.29, 0.717) is 16.7 Å². The van der Waals surface area contributed by atoms with Crippen molar-refractivity contribution in [1.29, 1.82) is 0 Å². The lowest BCUT2D eigenvalue weighted by Crippen LogP contribution is -2.14. The van der Waals surface area contributed by atoms with Crippen molar-refractivity contribution in [2.24, 2.45) is 0 Å². The normalized spacial score (nSPS) is 11.4. The highest BCUT2D eigenvalue weighted by Gasteiger charge is 2.20. The summed E-state index contributed by atoms with van der Waals surface area (Å²) >= 11 is 6.21. The first kappa shape index (κ1) is 18.9. The molecule has 7 heteroatoms. The number of aromatic nitrogens is 2. The molecule has 0 spiro atoms. The van der Waals surface area contributed by atoms with Crippen LogP contribution in [0.3, 0.4) is 0 Å². The van der Waals surface area contributed by atoms with Crippen LogP contribution in [0, 0.1) is 0 Å². The topological polar surface area (TPSA) is 94.0 Å². The minimum Gasteiger partial charge on any atom is -0.384 e. The zero-order valence-corrected chi connectivity index (χ0v) is 16.2. The van der Waals surface area contributed by atoms with Crippen molar-refractivity contribution in [1.82, 2.24) is 10.1 Å². The molecule has 6 nitrogen and oxygen atoms in total. The van der Waals surface area contributed by atoms with Crippen LogP contribution in [0.1, 0.15) is 32.1 Å². The molecule has 0 aliphatic heterocycles. The van der Waals surface area contributed by atoms with Crippen LogP contribution in [0.5, 0.6) is 0 Å². The fourth-order valence-corrected chi connectivity index (χ4v) is 2.79. The van der Waals surface area contributed by atoms with Gasteiger partial charge in [-0.05, 0) is 17.2 Å². The minimum atomic E-state index is -0.163. The third-order valence-electron chi connectivity index (χ3n) is 4.02. The molecule has 0 aliphatic carbocycles. The van der Waals surface area contributed by atoms with E-state index in [1.165, 1.54) is 0 Å². The van der Waals surface area contributed by atoms with Gasteiger partial charge in [0.1, 0.15) is 11.6 Å². The van der Waals surface area contributed by atoms with Crippen molar-refractivity contribution >= 4 is 29.1 Å².